The Morgan fingerprint density at radius 1 is 0.962 bits per heavy atom. The molecule has 2 heterocycles. The summed E-state index contributed by atoms with van der Waals surface area (Å²) in [5.41, 5.74) is 1.15. The van der Waals surface area contributed by atoms with Crippen molar-refractivity contribution < 1.29 is 9.59 Å². The Balaban J connectivity index is 1.69. The van der Waals surface area contributed by atoms with Crippen LogP contribution in [0.2, 0.25) is 0 Å². The van der Waals surface area contributed by atoms with Gasteiger partial charge in [0.15, 0.2) is 0 Å². The number of nitrogens with one attached hydrogen (secondary N) is 2. The molecular weight excluding hydrogens is 366 g/mol. The molecular formula is C19H19N3O2S2. The van der Waals surface area contributed by atoms with Crippen LogP contribution in [-0.2, 0) is 5.41 Å². The van der Waals surface area contributed by atoms with E-state index < -0.39 is 0 Å². The van der Waals surface area contributed by atoms with Gasteiger partial charge in [-0.2, -0.15) is 0 Å². The van der Waals surface area contributed by atoms with Crippen LogP contribution in [0.15, 0.2) is 48.0 Å². The fourth-order valence-electron chi connectivity index (χ4n) is 2.19. The van der Waals surface area contributed by atoms with Gasteiger partial charge in [-0.15, -0.1) is 22.7 Å². The van der Waals surface area contributed by atoms with Crippen LogP contribution in [0.4, 0.5) is 11.4 Å². The number of benzene rings is 1. The second-order valence-corrected chi connectivity index (χ2v) is 8.72. The summed E-state index contributed by atoms with van der Waals surface area (Å²) in [5.74, 6) is -0.375. The van der Waals surface area contributed by atoms with Gasteiger partial charge in [0, 0.05) is 16.8 Å². The van der Waals surface area contributed by atoms with Crippen molar-refractivity contribution in [2.45, 2.75) is 26.2 Å². The Labute approximate surface area is 160 Å². The lowest BCUT2D eigenvalue weighted by Gasteiger charge is -2.13. The van der Waals surface area contributed by atoms with Gasteiger partial charge in [-0.25, -0.2) is 4.98 Å². The van der Waals surface area contributed by atoms with E-state index >= 15 is 0 Å². The third-order valence-electron chi connectivity index (χ3n) is 3.49. The third kappa shape index (κ3) is 4.36. The average Bonchev–Trinajstić information content (AvgIpc) is 3.26. The van der Waals surface area contributed by atoms with E-state index in [1.165, 1.54) is 22.7 Å². The summed E-state index contributed by atoms with van der Waals surface area (Å²) in [6.45, 7) is 6.19. The van der Waals surface area contributed by atoms with Gasteiger partial charge < -0.3 is 10.6 Å². The quantitative estimate of drug-likeness (QED) is 0.663. The second kappa shape index (κ2) is 7.39. The fourth-order valence-corrected chi connectivity index (χ4v) is 3.68. The van der Waals surface area contributed by atoms with Gasteiger partial charge in [-0.05, 0) is 29.6 Å². The van der Waals surface area contributed by atoms with Crippen molar-refractivity contribution in [3.05, 3.63) is 62.7 Å². The summed E-state index contributed by atoms with van der Waals surface area (Å²) in [5, 5.41) is 8.46. The Bertz CT molecular complexity index is 924. The largest absolute Gasteiger partial charge is 0.321 e. The second-order valence-electron chi connectivity index (χ2n) is 6.75. The van der Waals surface area contributed by atoms with Gasteiger partial charge in [-0.3, -0.25) is 9.59 Å². The predicted molar refractivity (Wildman–Crippen MR) is 107 cm³/mol. The molecule has 0 saturated carbocycles. The van der Waals surface area contributed by atoms with Crippen LogP contribution in [0.3, 0.4) is 0 Å². The number of hydrogen-bond acceptors (Lipinski definition) is 5. The van der Waals surface area contributed by atoms with Gasteiger partial charge in [0.2, 0.25) is 0 Å². The van der Waals surface area contributed by atoms with Gasteiger partial charge >= 0.3 is 0 Å². The molecule has 3 rings (SSSR count). The first-order valence-electron chi connectivity index (χ1n) is 8.05. The average molecular weight is 386 g/mol. The van der Waals surface area contributed by atoms with Crippen LogP contribution in [0, 0.1) is 0 Å². The minimum atomic E-state index is -0.209. The molecule has 2 amide bonds. The maximum absolute atomic E-state index is 12.4. The molecule has 0 atom stereocenters. The summed E-state index contributed by atoms with van der Waals surface area (Å²) in [6, 6.07) is 10.7. The first-order chi connectivity index (χ1) is 12.3. The van der Waals surface area contributed by atoms with Crippen molar-refractivity contribution in [1.29, 1.82) is 0 Å². The highest BCUT2D eigenvalue weighted by Gasteiger charge is 2.20. The van der Waals surface area contributed by atoms with Crippen LogP contribution >= 0.6 is 22.7 Å². The van der Waals surface area contributed by atoms with E-state index in [1.54, 1.807) is 36.5 Å². The van der Waals surface area contributed by atoms with Crippen molar-refractivity contribution in [3.8, 4) is 0 Å². The molecule has 0 bridgehead atoms. The van der Waals surface area contributed by atoms with Crippen LogP contribution in [-0.4, -0.2) is 16.8 Å². The maximum Gasteiger partial charge on any atom is 0.267 e. The lowest BCUT2D eigenvalue weighted by molar-refractivity contribution is 0.102. The summed E-state index contributed by atoms with van der Waals surface area (Å²) in [7, 11) is 0. The number of thiazole rings is 1. The van der Waals surface area contributed by atoms with E-state index in [2.05, 4.69) is 36.4 Å². The molecule has 3 aromatic rings. The normalized spacial score (nSPS) is 11.2. The van der Waals surface area contributed by atoms with E-state index in [4.69, 9.17) is 0 Å². The molecule has 0 fully saturated rings. The zero-order valence-electron chi connectivity index (χ0n) is 14.7. The van der Waals surface area contributed by atoms with Crippen LogP contribution in [0.5, 0.6) is 0 Å². The molecule has 0 unspecified atom stereocenters. The number of carbonyl (C=O) groups is 2. The van der Waals surface area contributed by atoms with Crippen LogP contribution in [0.25, 0.3) is 0 Å². The molecule has 1 aromatic carbocycles. The zero-order chi connectivity index (χ0) is 18.7. The number of thiophene rings is 1. The number of amides is 2. The molecule has 7 heteroatoms. The summed E-state index contributed by atoms with van der Waals surface area (Å²) in [4.78, 5) is 30.1. The molecule has 26 heavy (non-hydrogen) atoms. The lowest BCUT2D eigenvalue weighted by atomic mass is 9.98. The standard InChI is InChI=1S/C19H19N3O2S2/c1-19(2,3)18-20-11-15(26-18)17(24)22-13-7-4-6-12(10-13)21-16(23)14-8-5-9-25-14/h4-11H,1-3H3,(H,21,23)(H,22,24). The van der Waals surface area contributed by atoms with Crippen LogP contribution < -0.4 is 10.6 Å². The molecule has 134 valence electrons. The van der Waals surface area contributed by atoms with E-state index in [1.807, 2.05) is 11.4 Å². The molecule has 0 aliphatic carbocycles. The predicted octanol–water partition coefficient (Wildman–Crippen LogP) is 5.01. The number of nitrogens with zero attached hydrogens (tertiary/aromatic N) is 1. The molecule has 2 aromatic heterocycles. The van der Waals surface area contributed by atoms with Gasteiger partial charge in [0.25, 0.3) is 11.8 Å². The Morgan fingerprint density at radius 2 is 1.62 bits per heavy atom. The third-order valence-corrected chi connectivity index (χ3v) is 5.78. The topological polar surface area (TPSA) is 71.1 Å². The highest BCUT2D eigenvalue weighted by molar-refractivity contribution is 7.14. The van der Waals surface area contributed by atoms with E-state index in [0.717, 1.165) is 5.01 Å². The minimum absolute atomic E-state index is 0.0881. The Kier molecular flexibility index (Phi) is 5.20. The van der Waals surface area contributed by atoms with E-state index in [-0.39, 0.29) is 17.2 Å². The van der Waals surface area contributed by atoms with Crippen LogP contribution in [0.1, 0.15) is 45.1 Å². The molecule has 0 radical (unpaired) electrons. The van der Waals surface area contributed by atoms with Crippen molar-refractivity contribution in [1.82, 2.24) is 4.98 Å². The Morgan fingerprint density at radius 3 is 2.15 bits per heavy atom. The lowest BCUT2D eigenvalue weighted by Crippen LogP contribution is -2.12. The van der Waals surface area contributed by atoms with Crippen molar-refractivity contribution in [2.75, 3.05) is 10.6 Å². The molecule has 5 nitrogen and oxygen atoms in total. The molecule has 2 N–H and O–H groups in total. The Hall–Kier alpha value is -2.51. The maximum atomic E-state index is 12.4. The number of rotatable bonds is 4. The van der Waals surface area contributed by atoms with Crippen molar-refractivity contribution in [3.63, 3.8) is 0 Å². The smallest absolute Gasteiger partial charge is 0.267 e. The summed E-state index contributed by atoms with van der Waals surface area (Å²) < 4.78 is 0. The van der Waals surface area contributed by atoms with E-state index in [9.17, 15) is 9.59 Å². The zero-order valence-corrected chi connectivity index (χ0v) is 16.3. The molecule has 0 saturated heterocycles. The van der Waals surface area contributed by atoms with Gasteiger partial charge in [-0.1, -0.05) is 32.9 Å². The minimum Gasteiger partial charge on any atom is -0.321 e. The van der Waals surface area contributed by atoms with Gasteiger partial charge in [0.05, 0.1) is 16.1 Å². The monoisotopic (exact) mass is 385 g/mol. The van der Waals surface area contributed by atoms with Crippen molar-refractivity contribution in [2.24, 2.45) is 0 Å². The summed E-state index contributed by atoms with van der Waals surface area (Å²) >= 11 is 2.77. The molecule has 0 spiro atoms. The highest BCUT2D eigenvalue weighted by Crippen LogP contribution is 2.27. The SMILES string of the molecule is CC(C)(C)c1ncc(C(=O)Nc2cccc(NC(=O)c3cccs3)c2)s1. The number of hydrogen-bond donors (Lipinski definition) is 2. The van der Waals surface area contributed by atoms with E-state index in [0.29, 0.717) is 21.1 Å². The first kappa shape index (κ1) is 18.3. The number of aromatic nitrogens is 1. The number of anilines is 2. The molecule has 0 aliphatic heterocycles. The molecule has 0 aliphatic rings. The first-order valence-corrected chi connectivity index (χ1v) is 9.75. The highest BCUT2D eigenvalue weighted by atomic mass is 32.1. The summed E-state index contributed by atoms with van der Waals surface area (Å²) in [6.07, 6.45) is 1.60. The fraction of sp³-hybridized carbons (Fsp3) is 0.211. The van der Waals surface area contributed by atoms with Crippen molar-refractivity contribution >= 4 is 45.9 Å². The number of carbonyl (C=O) groups excluding carboxylic acids is 2. The van der Waals surface area contributed by atoms with Gasteiger partial charge in [0.1, 0.15) is 4.88 Å².